The Morgan fingerprint density at radius 3 is 2.24 bits per heavy atom. The number of benzene rings is 3. The van der Waals surface area contributed by atoms with E-state index in [0.717, 1.165) is 9.87 Å². The summed E-state index contributed by atoms with van der Waals surface area (Å²) in [6.45, 7) is 2.96. The molecule has 3 aromatic carbocycles. The maximum absolute atomic E-state index is 14.2. The number of aryl methyl sites for hydroxylation is 1. The number of hydrogen-bond acceptors (Lipinski definition) is 6. The van der Waals surface area contributed by atoms with Gasteiger partial charge in [0.1, 0.15) is 28.8 Å². The molecule has 0 radical (unpaired) electrons. The number of methoxy groups -OCH3 is 2. The molecule has 0 aliphatic carbocycles. The Kier molecular flexibility index (Phi) is 7.87. The van der Waals surface area contributed by atoms with Gasteiger partial charge in [-0.05, 0) is 61.0 Å². The Morgan fingerprint density at radius 2 is 1.62 bits per heavy atom. The topological polar surface area (TPSA) is 79.4 Å². The third-order valence-electron chi connectivity index (χ3n) is 6.35. The van der Waals surface area contributed by atoms with Gasteiger partial charge in [-0.3, -0.25) is 9.10 Å². The summed E-state index contributed by atoms with van der Waals surface area (Å²) < 4.78 is 53.7. The normalized spacial score (nSPS) is 13.8. The first-order chi connectivity index (χ1) is 17.7. The third-order valence-corrected chi connectivity index (χ3v) is 8.15. The fourth-order valence-electron chi connectivity index (χ4n) is 4.30. The number of rotatable bonds is 8. The van der Waals surface area contributed by atoms with Crippen LogP contribution in [0.15, 0.2) is 71.6 Å². The van der Waals surface area contributed by atoms with Crippen LogP contribution in [0.1, 0.15) is 5.56 Å². The molecule has 0 aromatic heterocycles. The van der Waals surface area contributed by atoms with Crippen LogP contribution in [0.3, 0.4) is 0 Å². The molecule has 0 spiro atoms. The first-order valence-electron chi connectivity index (χ1n) is 11.8. The summed E-state index contributed by atoms with van der Waals surface area (Å²) in [5.74, 6) is 0.0882. The summed E-state index contributed by atoms with van der Waals surface area (Å²) in [6.07, 6.45) is 0. The number of carbonyl (C=O) groups excluding carboxylic acids is 1. The van der Waals surface area contributed by atoms with Crippen LogP contribution in [0.5, 0.6) is 11.5 Å². The summed E-state index contributed by atoms with van der Waals surface area (Å²) in [7, 11) is -1.25. The van der Waals surface area contributed by atoms with Crippen molar-refractivity contribution in [2.24, 2.45) is 0 Å². The molecule has 1 aliphatic rings. The highest BCUT2D eigenvalue weighted by atomic mass is 32.2. The van der Waals surface area contributed by atoms with Gasteiger partial charge < -0.3 is 19.3 Å². The van der Waals surface area contributed by atoms with E-state index < -0.39 is 16.6 Å². The molecule has 0 N–H and O–H groups in total. The molecule has 0 unspecified atom stereocenters. The van der Waals surface area contributed by atoms with E-state index in [-0.39, 0.29) is 22.4 Å². The Morgan fingerprint density at radius 1 is 0.946 bits per heavy atom. The number of nitrogens with zero attached hydrogens (tertiary/aromatic N) is 3. The van der Waals surface area contributed by atoms with Gasteiger partial charge in [-0.2, -0.15) is 0 Å². The average Bonchev–Trinajstić information content (AvgIpc) is 2.92. The number of para-hydroxylation sites is 1. The van der Waals surface area contributed by atoms with Crippen molar-refractivity contribution in [1.29, 1.82) is 0 Å². The number of halogens is 1. The Balaban J connectivity index is 1.60. The maximum Gasteiger partial charge on any atom is 0.268 e. The molecule has 4 rings (SSSR count). The van der Waals surface area contributed by atoms with E-state index in [1.807, 2.05) is 4.90 Å². The quantitative estimate of drug-likeness (QED) is 0.445. The number of ether oxygens (including phenoxy) is 2. The monoisotopic (exact) mass is 527 g/mol. The first-order valence-corrected chi connectivity index (χ1v) is 13.3. The zero-order valence-electron chi connectivity index (χ0n) is 21.1. The number of hydrogen-bond donors (Lipinski definition) is 0. The highest BCUT2D eigenvalue weighted by molar-refractivity contribution is 7.93. The van der Waals surface area contributed by atoms with Crippen molar-refractivity contribution < 1.29 is 27.1 Å². The first kappa shape index (κ1) is 26.3. The summed E-state index contributed by atoms with van der Waals surface area (Å²) in [5.41, 5.74) is 1.55. The summed E-state index contributed by atoms with van der Waals surface area (Å²) in [5, 5.41) is 0. The van der Waals surface area contributed by atoms with Crippen LogP contribution in [0.2, 0.25) is 0 Å². The lowest BCUT2D eigenvalue weighted by atomic mass is 10.2. The van der Waals surface area contributed by atoms with Gasteiger partial charge in [0.25, 0.3) is 10.0 Å². The van der Waals surface area contributed by atoms with Crippen molar-refractivity contribution in [1.82, 2.24) is 4.90 Å². The largest absolute Gasteiger partial charge is 0.497 e. The smallest absolute Gasteiger partial charge is 0.268 e. The van der Waals surface area contributed by atoms with E-state index in [1.165, 1.54) is 26.4 Å². The lowest BCUT2D eigenvalue weighted by Crippen LogP contribution is -2.52. The second-order valence-corrected chi connectivity index (χ2v) is 10.5. The van der Waals surface area contributed by atoms with E-state index >= 15 is 0 Å². The predicted octanol–water partition coefficient (Wildman–Crippen LogP) is 3.70. The van der Waals surface area contributed by atoms with Crippen molar-refractivity contribution in [2.75, 3.05) is 56.1 Å². The van der Waals surface area contributed by atoms with Crippen molar-refractivity contribution in [3.63, 3.8) is 0 Å². The molecule has 0 saturated carbocycles. The molecule has 1 heterocycles. The van der Waals surface area contributed by atoms with Crippen LogP contribution >= 0.6 is 0 Å². The van der Waals surface area contributed by atoms with Gasteiger partial charge in [0, 0.05) is 26.2 Å². The van der Waals surface area contributed by atoms with E-state index in [0.29, 0.717) is 43.3 Å². The maximum atomic E-state index is 14.2. The molecule has 37 heavy (non-hydrogen) atoms. The molecule has 10 heteroatoms. The molecular formula is C27H30FN3O5S. The number of anilines is 2. The minimum atomic E-state index is -4.17. The average molecular weight is 528 g/mol. The number of piperazine rings is 1. The van der Waals surface area contributed by atoms with Crippen molar-refractivity contribution in [2.45, 2.75) is 11.8 Å². The van der Waals surface area contributed by atoms with Gasteiger partial charge in [0.2, 0.25) is 5.91 Å². The standard InChI is InChI=1S/C27H30FN3O5S/c1-20-8-13-25(36-3)26(18-20)37(33,34)31(21-9-11-22(35-2)12-10-21)19-27(32)30-16-14-29(15-17-30)24-7-5-4-6-23(24)28/h4-13,18H,14-17,19H2,1-3H3. The molecule has 1 aliphatic heterocycles. The van der Waals surface area contributed by atoms with Gasteiger partial charge >= 0.3 is 0 Å². The SMILES string of the molecule is COc1ccc(N(CC(=O)N2CCN(c3ccccc3F)CC2)S(=O)(=O)c2cc(C)ccc2OC)cc1. The van der Waals surface area contributed by atoms with Gasteiger partial charge in [-0.1, -0.05) is 18.2 Å². The highest BCUT2D eigenvalue weighted by Crippen LogP contribution is 2.32. The summed E-state index contributed by atoms with van der Waals surface area (Å²) >= 11 is 0. The fraction of sp³-hybridized carbons (Fsp3) is 0.296. The van der Waals surface area contributed by atoms with Gasteiger partial charge in [0.05, 0.1) is 25.6 Å². The molecule has 1 saturated heterocycles. The number of carbonyl (C=O) groups is 1. The number of amides is 1. The highest BCUT2D eigenvalue weighted by Gasteiger charge is 2.32. The molecule has 3 aromatic rings. The molecule has 0 atom stereocenters. The van der Waals surface area contributed by atoms with Crippen LogP contribution in [0, 0.1) is 12.7 Å². The number of sulfonamides is 1. The molecule has 1 amide bonds. The summed E-state index contributed by atoms with van der Waals surface area (Å²) in [4.78, 5) is 16.9. The Hall–Kier alpha value is -3.79. The van der Waals surface area contributed by atoms with E-state index in [1.54, 1.807) is 66.4 Å². The molecule has 0 bridgehead atoms. The van der Waals surface area contributed by atoms with E-state index in [2.05, 4.69) is 0 Å². The van der Waals surface area contributed by atoms with Crippen molar-refractivity contribution in [3.05, 3.63) is 78.1 Å². The zero-order chi connectivity index (χ0) is 26.6. The fourth-order valence-corrected chi connectivity index (χ4v) is 5.95. The lowest BCUT2D eigenvalue weighted by molar-refractivity contribution is -0.129. The van der Waals surface area contributed by atoms with Crippen molar-refractivity contribution >= 4 is 27.3 Å². The minimum Gasteiger partial charge on any atom is -0.497 e. The Labute approximate surface area is 216 Å². The summed E-state index contributed by atoms with van der Waals surface area (Å²) in [6, 6.07) is 17.9. The van der Waals surface area contributed by atoms with Gasteiger partial charge in [0.15, 0.2) is 0 Å². The molecule has 8 nitrogen and oxygen atoms in total. The van der Waals surface area contributed by atoms with Gasteiger partial charge in [-0.15, -0.1) is 0 Å². The van der Waals surface area contributed by atoms with Crippen molar-refractivity contribution in [3.8, 4) is 11.5 Å². The van der Waals surface area contributed by atoms with Crippen LogP contribution in [0.4, 0.5) is 15.8 Å². The van der Waals surface area contributed by atoms with Crippen LogP contribution < -0.4 is 18.7 Å². The van der Waals surface area contributed by atoms with Crippen LogP contribution in [-0.2, 0) is 14.8 Å². The third kappa shape index (κ3) is 5.64. The molecule has 196 valence electrons. The predicted molar refractivity (Wildman–Crippen MR) is 140 cm³/mol. The molecular weight excluding hydrogens is 497 g/mol. The Bertz CT molecular complexity index is 1360. The van der Waals surface area contributed by atoms with Gasteiger partial charge in [-0.25, -0.2) is 12.8 Å². The van der Waals surface area contributed by atoms with E-state index in [4.69, 9.17) is 9.47 Å². The molecule has 1 fully saturated rings. The minimum absolute atomic E-state index is 0.0250. The lowest BCUT2D eigenvalue weighted by Gasteiger charge is -2.37. The van der Waals surface area contributed by atoms with Crippen LogP contribution in [-0.4, -0.2) is 66.2 Å². The zero-order valence-corrected chi connectivity index (χ0v) is 21.9. The van der Waals surface area contributed by atoms with E-state index in [9.17, 15) is 17.6 Å². The second kappa shape index (κ2) is 11.1. The second-order valence-electron chi connectivity index (χ2n) is 8.68. The van der Waals surface area contributed by atoms with Crippen LogP contribution in [0.25, 0.3) is 0 Å².